The molecule has 0 saturated heterocycles. The molecule has 1 heterocycles. The predicted octanol–water partition coefficient (Wildman–Crippen LogP) is 1.68. The summed E-state index contributed by atoms with van der Waals surface area (Å²) in [6.45, 7) is -3.07. The molecule has 6 heteroatoms. The molecule has 1 rings (SSSR count). The molecule has 0 spiro atoms. The Hall–Kier alpha value is -0.301. The third kappa shape index (κ3) is 2.93. The number of pyridine rings is 1. The van der Waals surface area contributed by atoms with Crippen molar-refractivity contribution < 1.29 is 18.3 Å². The molecule has 1 aromatic rings. The fraction of sp³-hybridized carbons (Fsp3) is 0.545. The molecule has 1 N–H and O–H groups in total. The van der Waals surface area contributed by atoms with E-state index in [0.29, 0.717) is 3.71 Å². The summed E-state index contributed by atoms with van der Waals surface area (Å²) >= 11 is -2.14. The molecule has 0 unspecified atom stereocenters. The van der Waals surface area contributed by atoms with Gasteiger partial charge < -0.3 is 0 Å². The SMILES string of the molecule is [CH3][SnH]([CH3])[c]1nc(CF)c(CF)c(CO)c1CF. The summed E-state index contributed by atoms with van der Waals surface area (Å²) in [5, 5.41) is 9.23. The van der Waals surface area contributed by atoms with Crippen LogP contribution in [-0.4, -0.2) is 29.9 Å². The van der Waals surface area contributed by atoms with E-state index in [9.17, 15) is 18.3 Å². The van der Waals surface area contributed by atoms with Crippen molar-refractivity contribution in [2.24, 2.45) is 0 Å². The Morgan fingerprint density at radius 1 is 1.00 bits per heavy atom. The third-order valence-corrected chi connectivity index (χ3v) is 7.23. The number of halogens is 3. The van der Waals surface area contributed by atoms with Crippen LogP contribution < -0.4 is 3.71 Å². The second-order valence-electron chi connectivity index (χ2n) is 4.09. The minimum atomic E-state index is -2.14. The summed E-state index contributed by atoms with van der Waals surface area (Å²) in [6, 6.07) is 0. The number of hydrogen-bond donors (Lipinski definition) is 1. The van der Waals surface area contributed by atoms with Crippen LogP contribution in [-0.2, 0) is 26.6 Å². The van der Waals surface area contributed by atoms with Gasteiger partial charge in [0.25, 0.3) is 0 Å². The predicted molar refractivity (Wildman–Crippen MR) is 63.1 cm³/mol. The summed E-state index contributed by atoms with van der Waals surface area (Å²) in [7, 11) is 0. The summed E-state index contributed by atoms with van der Waals surface area (Å²) in [5.74, 6) is 0. The fourth-order valence-corrected chi connectivity index (χ4v) is 5.77. The third-order valence-electron chi connectivity index (χ3n) is 2.74. The normalized spacial score (nSPS) is 11.2. The van der Waals surface area contributed by atoms with Crippen molar-refractivity contribution >= 4 is 23.5 Å². The number of hydrogen-bond acceptors (Lipinski definition) is 2. The van der Waals surface area contributed by atoms with Crippen molar-refractivity contribution in [3.63, 3.8) is 0 Å². The number of aromatic nitrogens is 1. The molecule has 1 aromatic heterocycles. The van der Waals surface area contributed by atoms with Crippen molar-refractivity contribution in [2.75, 3.05) is 0 Å². The molecule has 0 aliphatic carbocycles. The molecule has 0 amide bonds. The van der Waals surface area contributed by atoms with E-state index in [-0.39, 0.29) is 22.4 Å². The van der Waals surface area contributed by atoms with Gasteiger partial charge >= 0.3 is 106 Å². The van der Waals surface area contributed by atoms with Gasteiger partial charge in [0, 0.05) is 0 Å². The number of alkyl halides is 3. The average molecular weight is 354 g/mol. The zero-order valence-electron chi connectivity index (χ0n) is 9.93. The number of rotatable bonds is 5. The van der Waals surface area contributed by atoms with Gasteiger partial charge in [-0.15, -0.1) is 0 Å². The summed E-state index contributed by atoms with van der Waals surface area (Å²) in [6.07, 6.45) is 0. The molecule has 17 heavy (non-hydrogen) atoms. The van der Waals surface area contributed by atoms with E-state index in [1.807, 2.05) is 9.88 Å². The van der Waals surface area contributed by atoms with Crippen LogP contribution in [0, 0.1) is 0 Å². The zero-order chi connectivity index (χ0) is 13.0. The van der Waals surface area contributed by atoms with Gasteiger partial charge in [0.05, 0.1) is 0 Å². The van der Waals surface area contributed by atoms with Gasteiger partial charge in [0.2, 0.25) is 0 Å². The molecular weight excluding hydrogens is 338 g/mol. The van der Waals surface area contributed by atoms with E-state index in [1.165, 1.54) is 0 Å². The van der Waals surface area contributed by atoms with Crippen molar-refractivity contribution in [3.8, 4) is 0 Å². The first-order valence-corrected chi connectivity index (χ1v) is 13.7. The average Bonchev–Trinajstić information content (AvgIpc) is 2.35. The molecule has 2 nitrogen and oxygen atoms in total. The molecule has 0 saturated carbocycles. The Morgan fingerprint density at radius 2 is 1.59 bits per heavy atom. The van der Waals surface area contributed by atoms with Gasteiger partial charge in [-0.1, -0.05) is 0 Å². The Bertz CT molecular complexity index is 399. The Kier molecular flexibility index (Phi) is 5.71. The molecule has 0 atom stereocenters. The first kappa shape index (κ1) is 14.8. The van der Waals surface area contributed by atoms with E-state index in [4.69, 9.17) is 0 Å². The molecule has 0 aliphatic rings. The van der Waals surface area contributed by atoms with E-state index >= 15 is 0 Å². The number of aliphatic hydroxyl groups excluding tert-OH is 1. The van der Waals surface area contributed by atoms with Crippen LogP contribution in [0.5, 0.6) is 0 Å². The zero-order valence-corrected chi connectivity index (χ0v) is 13.2. The van der Waals surface area contributed by atoms with Gasteiger partial charge in [-0.2, -0.15) is 0 Å². The molecule has 0 aliphatic heterocycles. The van der Waals surface area contributed by atoms with Crippen LogP contribution in [0.4, 0.5) is 13.2 Å². The van der Waals surface area contributed by atoms with Crippen LogP contribution in [0.3, 0.4) is 0 Å². The molecule has 0 bridgehead atoms. The molecule has 96 valence electrons. The molecule has 0 radical (unpaired) electrons. The monoisotopic (exact) mass is 355 g/mol. The van der Waals surface area contributed by atoms with Gasteiger partial charge in [-0.05, 0) is 0 Å². The Labute approximate surface area is 106 Å². The van der Waals surface area contributed by atoms with Crippen molar-refractivity contribution in [2.45, 2.75) is 36.5 Å². The fourth-order valence-electron chi connectivity index (χ4n) is 1.88. The van der Waals surface area contributed by atoms with Crippen LogP contribution in [0.15, 0.2) is 0 Å². The topological polar surface area (TPSA) is 33.1 Å². The van der Waals surface area contributed by atoms with Gasteiger partial charge in [-0.3, -0.25) is 0 Å². The molecule has 0 fully saturated rings. The van der Waals surface area contributed by atoms with E-state index < -0.39 is 46.4 Å². The maximum atomic E-state index is 13.0. The second-order valence-corrected chi connectivity index (χ2v) is 12.2. The molecular formula is C11H16F3NOSn. The van der Waals surface area contributed by atoms with Crippen LogP contribution >= 0.6 is 0 Å². The van der Waals surface area contributed by atoms with Crippen LogP contribution in [0.1, 0.15) is 22.4 Å². The molecule has 0 aromatic carbocycles. The van der Waals surface area contributed by atoms with Gasteiger partial charge in [0.1, 0.15) is 0 Å². The Morgan fingerprint density at radius 3 is 1.94 bits per heavy atom. The first-order chi connectivity index (χ1) is 8.10. The standard InChI is InChI=1S/C9H9F3NO.2CH3.Sn.H/c10-1-6-4-13-9(3-12)7(2-11)8(6)5-14;;;;/h14H,1-3,5H2;2*1H3;;. The number of nitrogens with zero attached hydrogens (tertiary/aromatic N) is 1. The van der Waals surface area contributed by atoms with Gasteiger partial charge in [0.15, 0.2) is 0 Å². The van der Waals surface area contributed by atoms with Crippen LogP contribution in [0.2, 0.25) is 9.88 Å². The van der Waals surface area contributed by atoms with Crippen LogP contribution in [0.25, 0.3) is 0 Å². The maximum absolute atomic E-state index is 13.0. The number of aliphatic hydroxyl groups is 1. The quantitative estimate of drug-likeness (QED) is 0.817. The first-order valence-electron chi connectivity index (χ1n) is 5.42. The van der Waals surface area contributed by atoms with Crippen molar-refractivity contribution in [1.82, 2.24) is 4.98 Å². The summed E-state index contributed by atoms with van der Waals surface area (Å²) < 4.78 is 39.2. The minimum absolute atomic E-state index is 0.00847. The Balaban J connectivity index is 3.54. The van der Waals surface area contributed by atoms with Crippen molar-refractivity contribution in [1.29, 1.82) is 0 Å². The van der Waals surface area contributed by atoms with Crippen molar-refractivity contribution in [3.05, 3.63) is 22.4 Å². The summed E-state index contributed by atoms with van der Waals surface area (Å²) in [5.41, 5.74) is 0.494. The second kappa shape index (κ2) is 6.58. The summed E-state index contributed by atoms with van der Waals surface area (Å²) in [4.78, 5) is 8.07. The van der Waals surface area contributed by atoms with E-state index in [1.54, 1.807) is 0 Å². The van der Waals surface area contributed by atoms with E-state index in [0.717, 1.165) is 0 Å². The van der Waals surface area contributed by atoms with Gasteiger partial charge in [-0.25, -0.2) is 0 Å². The van der Waals surface area contributed by atoms with E-state index in [2.05, 4.69) is 4.98 Å².